The molecule has 1 aliphatic heterocycles. The lowest BCUT2D eigenvalue weighted by atomic mass is 9.90. The molecule has 4 aromatic rings. The predicted molar refractivity (Wildman–Crippen MR) is 118 cm³/mol. The van der Waals surface area contributed by atoms with Crippen molar-refractivity contribution in [3.05, 3.63) is 53.6 Å². The van der Waals surface area contributed by atoms with Crippen molar-refractivity contribution in [2.75, 3.05) is 13.7 Å². The Hall–Kier alpha value is -3.39. The topological polar surface area (TPSA) is 89.4 Å². The summed E-state index contributed by atoms with van der Waals surface area (Å²) >= 11 is 0. The number of carboxylic acid groups (broad SMARTS) is 1. The largest absolute Gasteiger partial charge is 0.494 e. The van der Waals surface area contributed by atoms with Crippen LogP contribution in [0, 0.1) is 5.82 Å². The number of fused-ring (bicyclic) bond motifs is 2. The molecule has 0 aliphatic carbocycles. The molecule has 32 heavy (non-hydrogen) atoms. The van der Waals surface area contributed by atoms with Gasteiger partial charge < -0.3 is 19.1 Å². The average molecular weight is 437 g/mol. The highest BCUT2D eigenvalue weighted by atomic mass is 19.1. The summed E-state index contributed by atoms with van der Waals surface area (Å²) in [6.07, 6.45) is 1.35. The van der Waals surface area contributed by atoms with Crippen LogP contribution in [0.15, 0.2) is 36.5 Å². The monoisotopic (exact) mass is 437 g/mol. The van der Waals surface area contributed by atoms with E-state index in [4.69, 9.17) is 9.47 Å². The van der Waals surface area contributed by atoms with E-state index < -0.39 is 17.9 Å². The van der Waals surface area contributed by atoms with Gasteiger partial charge in [0.2, 0.25) is 0 Å². The van der Waals surface area contributed by atoms with Gasteiger partial charge in [0.05, 0.1) is 30.9 Å². The maximum Gasteiger partial charge on any atom is 0.332 e. The van der Waals surface area contributed by atoms with Crippen LogP contribution in [0.3, 0.4) is 0 Å². The highest BCUT2D eigenvalue weighted by molar-refractivity contribution is 5.99. The van der Waals surface area contributed by atoms with Crippen molar-refractivity contribution in [1.82, 2.24) is 14.8 Å². The number of ether oxygens (including phenoxy) is 2. The molecule has 1 aliphatic rings. The van der Waals surface area contributed by atoms with Gasteiger partial charge in [-0.2, -0.15) is 5.10 Å². The molecule has 0 saturated carbocycles. The molecule has 166 valence electrons. The second-order valence-electron chi connectivity index (χ2n) is 8.53. The molecule has 3 heterocycles. The Balaban J connectivity index is 1.83. The van der Waals surface area contributed by atoms with E-state index in [1.54, 1.807) is 18.3 Å². The molecule has 2 aromatic heterocycles. The van der Waals surface area contributed by atoms with Crippen molar-refractivity contribution < 1.29 is 23.8 Å². The number of methoxy groups -OCH3 is 1. The number of aromatic nitrogens is 3. The third-order valence-corrected chi connectivity index (χ3v) is 6.23. The molecule has 0 amide bonds. The predicted octanol–water partition coefficient (Wildman–Crippen LogP) is 4.74. The Morgan fingerprint density at radius 3 is 2.84 bits per heavy atom. The number of nitrogens with one attached hydrogen (secondary N) is 1. The minimum atomic E-state index is -0.943. The maximum atomic E-state index is 14.2. The van der Waals surface area contributed by atoms with E-state index in [9.17, 15) is 14.3 Å². The van der Waals surface area contributed by atoms with Crippen LogP contribution in [0.1, 0.15) is 43.4 Å². The lowest BCUT2D eigenvalue weighted by Crippen LogP contribution is -2.18. The Morgan fingerprint density at radius 1 is 1.34 bits per heavy atom. The zero-order valence-corrected chi connectivity index (χ0v) is 18.1. The summed E-state index contributed by atoms with van der Waals surface area (Å²) in [6, 6.07) is 8.94. The molecule has 1 unspecified atom stereocenters. The minimum Gasteiger partial charge on any atom is -0.494 e. The van der Waals surface area contributed by atoms with Gasteiger partial charge in [0.1, 0.15) is 0 Å². The fourth-order valence-corrected chi connectivity index (χ4v) is 4.83. The zero-order valence-electron chi connectivity index (χ0n) is 18.1. The number of benzene rings is 2. The zero-order chi connectivity index (χ0) is 22.6. The van der Waals surface area contributed by atoms with Crippen LogP contribution in [-0.2, 0) is 9.53 Å². The highest BCUT2D eigenvalue weighted by Gasteiger charge is 2.36. The highest BCUT2D eigenvalue weighted by Crippen LogP contribution is 2.43. The van der Waals surface area contributed by atoms with E-state index >= 15 is 0 Å². The Morgan fingerprint density at radius 2 is 2.16 bits per heavy atom. The number of nitrogens with zero attached hydrogens (tertiary/aromatic N) is 2. The SMILES string of the molecule is COc1cc(-n2c(C(C)C)c([C@H]3COC(C(=O)O)C3)c3cc4[nH]ncc4cc32)ccc1F. The van der Waals surface area contributed by atoms with E-state index in [0.717, 1.165) is 38.8 Å². The number of carbonyl (C=O) groups is 1. The number of aromatic amines is 1. The average Bonchev–Trinajstić information content (AvgIpc) is 3.49. The van der Waals surface area contributed by atoms with Crippen molar-refractivity contribution in [2.24, 2.45) is 0 Å². The molecule has 8 heteroatoms. The molecule has 1 saturated heterocycles. The minimum absolute atomic E-state index is 0.0695. The lowest BCUT2D eigenvalue weighted by molar-refractivity contribution is -0.147. The third kappa shape index (κ3) is 3.14. The van der Waals surface area contributed by atoms with Crippen molar-refractivity contribution in [1.29, 1.82) is 0 Å². The van der Waals surface area contributed by atoms with Crippen molar-refractivity contribution in [2.45, 2.75) is 38.2 Å². The van der Waals surface area contributed by atoms with Crippen LogP contribution < -0.4 is 4.74 Å². The Labute approximate surface area is 183 Å². The molecule has 0 radical (unpaired) electrons. The third-order valence-electron chi connectivity index (χ3n) is 6.23. The van der Waals surface area contributed by atoms with Gasteiger partial charge >= 0.3 is 5.97 Å². The molecule has 1 fully saturated rings. The molecule has 2 atom stereocenters. The number of carboxylic acids is 1. The molecule has 5 rings (SSSR count). The van der Waals surface area contributed by atoms with Crippen LogP contribution in [0.25, 0.3) is 27.5 Å². The van der Waals surface area contributed by atoms with Crippen LogP contribution >= 0.6 is 0 Å². The summed E-state index contributed by atoms with van der Waals surface area (Å²) in [5.41, 5.74) is 4.74. The molecule has 0 bridgehead atoms. The maximum absolute atomic E-state index is 14.2. The summed E-state index contributed by atoms with van der Waals surface area (Å²) in [4.78, 5) is 11.5. The second-order valence-corrected chi connectivity index (χ2v) is 8.53. The van der Waals surface area contributed by atoms with E-state index in [1.807, 2.05) is 0 Å². The standard InChI is InChI=1S/C24H24FN3O4/c1-12(2)23-22(14-7-21(24(29)30)32-11-14)16-9-18-13(10-26-27-18)6-19(16)28(23)15-4-5-17(25)20(8-15)31-3/h4-6,8-10,12,14,21H,7,11H2,1-3H3,(H,26,27)(H,29,30)/t14-,21?/m1/s1. The van der Waals surface area contributed by atoms with Gasteiger partial charge in [-0.05, 0) is 42.2 Å². The van der Waals surface area contributed by atoms with Crippen LogP contribution in [0.2, 0.25) is 0 Å². The Bertz CT molecular complexity index is 1340. The van der Waals surface area contributed by atoms with Crippen molar-refractivity contribution >= 4 is 27.8 Å². The van der Waals surface area contributed by atoms with Crippen LogP contribution in [0.4, 0.5) is 4.39 Å². The van der Waals surface area contributed by atoms with E-state index in [0.29, 0.717) is 13.0 Å². The number of halogens is 1. The molecular weight excluding hydrogens is 413 g/mol. The van der Waals surface area contributed by atoms with E-state index in [2.05, 4.69) is 40.7 Å². The number of hydrogen-bond donors (Lipinski definition) is 2. The second kappa shape index (κ2) is 7.63. The molecule has 7 nitrogen and oxygen atoms in total. The fraction of sp³-hybridized carbons (Fsp3) is 0.333. The smallest absolute Gasteiger partial charge is 0.332 e. The Kier molecular flexibility index (Phi) is 4.89. The van der Waals surface area contributed by atoms with Crippen LogP contribution in [-0.4, -0.2) is 45.7 Å². The molecule has 0 spiro atoms. The summed E-state index contributed by atoms with van der Waals surface area (Å²) in [5.74, 6) is -1.15. The normalized spacial score (nSPS) is 18.8. The van der Waals surface area contributed by atoms with Gasteiger partial charge in [0.15, 0.2) is 17.7 Å². The number of aliphatic carboxylic acids is 1. The lowest BCUT2D eigenvalue weighted by Gasteiger charge is -2.18. The first-order valence-electron chi connectivity index (χ1n) is 10.6. The fourth-order valence-electron chi connectivity index (χ4n) is 4.83. The summed E-state index contributed by atoms with van der Waals surface area (Å²) in [6.45, 7) is 4.54. The first kappa shape index (κ1) is 20.5. The van der Waals surface area contributed by atoms with Gasteiger partial charge in [-0.3, -0.25) is 5.10 Å². The number of rotatable bonds is 5. The van der Waals surface area contributed by atoms with Gasteiger partial charge in [-0.25, -0.2) is 9.18 Å². The first-order valence-corrected chi connectivity index (χ1v) is 10.6. The molecule has 2 aromatic carbocycles. The molecular formula is C24H24FN3O4. The van der Waals surface area contributed by atoms with E-state index in [1.165, 1.54) is 13.2 Å². The van der Waals surface area contributed by atoms with E-state index in [-0.39, 0.29) is 17.6 Å². The number of hydrogen-bond acceptors (Lipinski definition) is 4. The molecule has 2 N–H and O–H groups in total. The van der Waals surface area contributed by atoms with Crippen molar-refractivity contribution in [3.63, 3.8) is 0 Å². The van der Waals surface area contributed by atoms with Gasteiger partial charge in [0, 0.05) is 34.1 Å². The van der Waals surface area contributed by atoms with Gasteiger partial charge in [-0.1, -0.05) is 13.8 Å². The number of H-pyrrole nitrogens is 1. The summed E-state index contributed by atoms with van der Waals surface area (Å²) < 4.78 is 27.1. The van der Waals surface area contributed by atoms with Crippen molar-refractivity contribution in [3.8, 4) is 11.4 Å². The van der Waals surface area contributed by atoms with Crippen LogP contribution in [0.5, 0.6) is 5.75 Å². The van der Waals surface area contributed by atoms with Gasteiger partial charge in [-0.15, -0.1) is 0 Å². The quantitative estimate of drug-likeness (QED) is 0.471. The first-order chi connectivity index (χ1) is 15.4. The summed E-state index contributed by atoms with van der Waals surface area (Å²) in [5, 5.41) is 18.6. The summed E-state index contributed by atoms with van der Waals surface area (Å²) in [7, 11) is 1.45. The van der Waals surface area contributed by atoms with Gasteiger partial charge in [0.25, 0.3) is 0 Å².